The molecule has 1 aliphatic carbocycles. The van der Waals surface area contributed by atoms with Gasteiger partial charge in [0.25, 0.3) is 0 Å². The van der Waals surface area contributed by atoms with E-state index < -0.39 is 0 Å². The number of carbonyl (C=O) groups excluding carboxylic acids is 2. The van der Waals surface area contributed by atoms with Gasteiger partial charge in [-0.2, -0.15) is 0 Å². The van der Waals surface area contributed by atoms with Gasteiger partial charge in [-0.3, -0.25) is 9.59 Å². The SMILES string of the molecule is CSc1nc(C)c(CCC(=O)OCC(=O)c2cc(C)n(C3CC3)c2C)c(C)n1. The number of ether oxygens (including phenoxy) is 1. The van der Waals surface area contributed by atoms with Crippen LogP contribution in [0.1, 0.15) is 64.0 Å². The first-order valence-electron chi connectivity index (χ1n) is 9.57. The highest BCUT2D eigenvalue weighted by atomic mass is 32.2. The zero-order valence-corrected chi connectivity index (χ0v) is 18.0. The van der Waals surface area contributed by atoms with Gasteiger partial charge in [0, 0.05) is 40.8 Å². The van der Waals surface area contributed by atoms with E-state index in [2.05, 4.69) is 14.5 Å². The fourth-order valence-electron chi connectivity index (χ4n) is 3.64. The van der Waals surface area contributed by atoms with E-state index in [9.17, 15) is 9.59 Å². The average molecular weight is 402 g/mol. The molecule has 7 heteroatoms. The molecule has 0 atom stereocenters. The zero-order valence-electron chi connectivity index (χ0n) is 17.2. The lowest BCUT2D eigenvalue weighted by Crippen LogP contribution is -2.16. The number of hydrogen-bond acceptors (Lipinski definition) is 6. The molecule has 1 fully saturated rings. The van der Waals surface area contributed by atoms with Crippen LogP contribution in [0, 0.1) is 27.7 Å². The molecule has 3 rings (SSSR count). The van der Waals surface area contributed by atoms with Crippen LogP contribution in [0.3, 0.4) is 0 Å². The monoisotopic (exact) mass is 401 g/mol. The van der Waals surface area contributed by atoms with Crippen molar-refractivity contribution >= 4 is 23.5 Å². The third-order valence-electron chi connectivity index (χ3n) is 5.22. The second kappa shape index (κ2) is 8.47. The van der Waals surface area contributed by atoms with Gasteiger partial charge in [-0.25, -0.2) is 9.97 Å². The number of Topliss-reactive ketones (excluding diaryl/α,β-unsaturated/α-hetero) is 1. The van der Waals surface area contributed by atoms with Crippen LogP contribution in [0.4, 0.5) is 0 Å². The minimum Gasteiger partial charge on any atom is -0.457 e. The first kappa shape index (κ1) is 20.6. The second-order valence-electron chi connectivity index (χ2n) is 7.33. The van der Waals surface area contributed by atoms with Crippen molar-refractivity contribution in [3.05, 3.63) is 40.0 Å². The minimum absolute atomic E-state index is 0.145. The van der Waals surface area contributed by atoms with Crippen LogP contribution >= 0.6 is 11.8 Å². The highest BCUT2D eigenvalue weighted by Crippen LogP contribution is 2.38. The summed E-state index contributed by atoms with van der Waals surface area (Å²) in [5, 5.41) is 0.732. The average Bonchev–Trinajstić information content (AvgIpc) is 3.43. The van der Waals surface area contributed by atoms with Crippen LogP contribution < -0.4 is 0 Å². The van der Waals surface area contributed by atoms with Crippen LogP contribution in [0.15, 0.2) is 11.2 Å². The van der Waals surface area contributed by atoms with E-state index in [1.54, 1.807) is 0 Å². The Labute approximate surface area is 170 Å². The zero-order chi connectivity index (χ0) is 20.4. The molecule has 0 N–H and O–H groups in total. The van der Waals surface area contributed by atoms with Crippen molar-refractivity contribution in [2.75, 3.05) is 12.9 Å². The highest BCUT2D eigenvalue weighted by Gasteiger charge is 2.28. The topological polar surface area (TPSA) is 74.1 Å². The molecule has 0 saturated heterocycles. The number of nitrogens with zero attached hydrogens (tertiary/aromatic N) is 3. The summed E-state index contributed by atoms with van der Waals surface area (Å²) < 4.78 is 7.46. The second-order valence-corrected chi connectivity index (χ2v) is 8.10. The third-order valence-corrected chi connectivity index (χ3v) is 5.77. The van der Waals surface area contributed by atoms with Gasteiger partial charge < -0.3 is 9.30 Å². The molecule has 28 heavy (non-hydrogen) atoms. The molecular formula is C21H27N3O3S. The summed E-state index contributed by atoms with van der Waals surface area (Å²) in [6.07, 6.45) is 4.98. The minimum atomic E-state index is -0.378. The third kappa shape index (κ3) is 4.46. The molecule has 0 unspecified atom stereocenters. The van der Waals surface area contributed by atoms with Crippen molar-refractivity contribution in [2.45, 2.75) is 64.6 Å². The maximum absolute atomic E-state index is 12.5. The molecule has 0 amide bonds. The standard InChI is InChI=1S/C21H27N3O3S/c1-12-10-18(15(4)24(12)16-6-7-16)19(25)11-27-20(26)9-8-17-13(2)22-21(28-5)23-14(17)3/h10,16H,6-9,11H2,1-5H3. The molecule has 0 aromatic carbocycles. The number of aromatic nitrogens is 3. The fourth-order valence-corrected chi connectivity index (χ4v) is 4.10. The largest absolute Gasteiger partial charge is 0.457 e. The van der Waals surface area contributed by atoms with E-state index in [0.717, 1.165) is 33.5 Å². The number of hydrogen-bond donors (Lipinski definition) is 0. The number of esters is 1. The van der Waals surface area contributed by atoms with E-state index >= 15 is 0 Å². The van der Waals surface area contributed by atoms with Crippen molar-refractivity contribution in [1.82, 2.24) is 14.5 Å². The van der Waals surface area contributed by atoms with E-state index in [-0.39, 0.29) is 24.8 Å². The molecule has 0 radical (unpaired) electrons. The highest BCUT2D eigenvalue weighted by molar-refractivity contribution is 7.98. The summed E-state index contributed by atoms with van der Waals surface area (Å²) in [5.41, 5.74) is 5.45. The van der Waals surface area contributed by atoms with E-state index in [1.807, 2.05) is 40.0 Å². The number of rotatable bonds is 8. The van der Waals surface area contributed by atoms with Crippen LogP contribution in [-0.4, -0.2) is 39.2 Å². The Balaban J connectivity index is 1.55. The van der Waals surface area contributed by atoms with Crippen LogP contribution in [0.25, 0.3) is 0 Å². The lowest BCUT2D eigenvalue weighted by atomic mass is 10.1. The fraction of sp³-hybridized carbons (Fsp3) is 0.524. The van der Waals surface area contributed by atoms with Gasteiger partial charge in [-0.05, 0) is 64.8 Å². The van der Waals surface area contributed by atoms with Gasteiger partial charge >= 0.3 is 5.97 Å². The number of ketones is 1. The van der Waals surface area contributed by atoms with Gasteiger partial charge in [0.15, 0.2) is 11.8 Å². The summed E-state index contributed by atoms with van der Waals surface area (Å²) in [6, 6.07) is 2.43. The van der Waals surface area contributed by atoms with Crippen LogP contribution in [-0.2, 0) is 16.0 Å². The van der Waals surface area contributed by atoms with Gasteiger partial charge in [-0.1, -0.05) is 11.8 Å². The van der Waals surface area contributed by atoms with E-state index in [4.69, 9.17) is 4.74 Å². The molecule has 0 aliphatic heterocycles. The maximum atomic E-state index is 12.5. The molecule has 2 heterocycles. The molecule has 1 aliphatic rings. The number of thioether (sulfide) groups is 1. The lowest BCUT2D eigenvalue weighted by molar-refractivity contribution is -0.142. The Hall–Kier alpha value is -2.15. The molecule has 0 spiro atoms. The summed E-state index contributed by atoms with van der Waals surface area (Å²) in [6.45, 7) is 7.61. The Kier molecular flexibility index (Phi) is 6.23. The Morgan fingerprint density at radius 3 is 2.39 bits per heavy atom. The molecule has 150 valence electrons. The van der Waals surface area contributed by atoms with Crippen molar-refractivity contribution in [1.29, 1.82) is 0 Å². The quantitative estimate of drug-likeness (QED) is 0.289. The summed E-state index contributed by atoms with van der Waals surface area (Å²) in [7, 11) is 0. The van der Waals surface area contributed by atoms with E-state index in [0.29, 0.717) is 18.0 Å². The van der Waals surface area contributed by atoms with Gasteiger partial charge in [0.05, 0.1) is 0 Å². The van der Waals surface area contributed by atoms with Crippen molar-refractivity contribution in [3.63, 3.8) is 0 Å². The molecule has 6 nitrogen and oxygen atoms in total. The normalized spacial score (nSPS) is 13.6. The Bertz CT molecular complexity index is 893. The summed E-state index contributed by atoms with van der Waals surface area (Å²) in [5.74, 6) is -0.523. The molecule has 2 aromatic heterocycles. The first-order valence-corrected chi connectivity index (χ1v) is 10.8. The molecule has 1 saturated carbocycles. The smallest absolute Gasteiger partial charge is 0.306 e. The molecular weight excluding hydrogens is 374 g/mol. The number of carbonyl (C=O) groups is 2. The van der Waals surface area contributed by atoms with Crippen molar-refractivity contribution in [2.24, 2.45) is 0 Å². The van der Waals surface area contributed by atoms with Gasteiger partial charge in [0.1, 0.15) is 0 Å². The van der Waals surface area contributed by atoms with Crippen molar-refractivity contribution in [3.8, 4) is 0 Å². The first-order chi connectivity index (χ1) is 13.3. The Morgan fingerprint density at radius 1 is 1.18 bits per heavy atom. The van der Waals surface area contributed by atoms with E-state index in [1.165, 1.54) is 24.6 Å². The summed E-state index contributed by atoms with van der Waals surface area (Å²) in [4.78, 5) is 33.5. The van der Waals surface area contributed by atoms with Crippen LogP contribution in [0.5, 0.6) is 0 Å². The molecule has 0 bridgehead atoms. The summed E-state index contributed by atoms with van der Waals surface area (Å²) >= 11 is 1.50. The van der Waals surface area contributed by atoms with Gasteiger partial charge in [-0.15, -0.1) is 0 Å². The van der Waals surface area contributed by atoms with Gasteiger partial charge in [0.2, 0.25) is 5.78 Å². The predicted octanol–water partition coefficient (Wildman–Crippen LogP) is 3.93. The van der Waals surface area contributed by atoms with Crippen LogP contribution in [0.2, 0.25) is 0 Å². The predicted molar refractivity (Wildman–Crippen MR) is 109 cm³/mol. The van der Waals surface area contributed by atoms with Crippen molar-refractivity contribution < 1.29 is 14.3 Å². The maximum Gasteiger partial charge on any atom is 0.306 e. The number of aryl methyl sites for hydroxylation is 3. The molecule has 2 aromatic rings. The Morgan fingerprint density at radius 2 is 1.82 bits per heavy atom. The lowest BCUT2D eigenvalue weighted by Gasteiger charge is -2.10.